The highest BCUT2D eigenvalue weighted by molar-refractivity contribution is 5.54. The maximum absolute atomic E-state index is 4.30. The lowest BCUT2D eigenvalue weighted by Crippen LogP contribution is -1.98. The third-order valence-corrected chi connectivity index (χ3v) is 2.30. The molecule has 0 saturated carbocycles. The zero-order valence-electron chi connectivity index (χ0n) is 9.96. The van der Waals surface area contributed by atoms with E-state index in [0.717, 1.165) is 5.57 Å². The maximum Gasteiger partial charge on any atom is 0.0677 e. The van der Waals surface area contributed by atoms with Crippen molar-refractivity contribution < 1.29 is 0 Å². The molecule has 1 unspecified atom stereocenters. The van der Waals surface area contributed by atoms with Crippen molar-refractivity contribution in [3.63, 3.8) is 0 Å². The SMILES string of the molecule is C=C(C)/C(C)=C/C=C(\C)C(C)N=CC. The summed E-state index contributed by atoms with van der Waals surface area (Å²) in [5.74, 6) is 0. The van der Waals surface area contributed by atoms with E-state index < -0.39 is 0 Å². The Balaban J connectivity index is 4.53. The fourth-order valence-electron chi connectivity index (χ4n) is 0.879. The van der Waals surface area contributed by atoms with Gasteiger partial charge in [0, 0.05) is 0 Å². The van der Waals surface area contributed by atoms with Gasteiger partial charge in [-0.15, -0.1) is 0 Å². The Morgan fingerprint density at radius 3 is 2.21 bits per heavy atom. The van der Waals surface area contributed by atoms with Gasteiger partial charge in [0.15, 0.2) is 0 Å². The van der Waals surface area contributed by atoms with Gasteiger partial charge in [-0.1, -0.05) is 24.3 Å². The van der Waals surface area contributed by atoms with Crippen molar-refractivity contribution in [3.8, 4) is 0 Å². The van der Waals surface area contributed by atoms with Crippen LogP contribution in [0.2, 0.25) is 0 Å². The first-order valence-corrected chi connectivity index (χ1v) is 4.97. The Bertz CT molecular complexity index is 280. The molecule has 0 radical (unpaired) electrons. The van der Waals surface area contributed by atoms with Gasteiger partial charge in [0.05, 0.1) is 6.04 Å². The Morgan fingerprint density at radius 1 is 1.21 bits per heavy atom. The average Bonchev–Trinajstić information content (AvgIpc) is 2.13. The van der Waals surface area contributed by atoms with Crippen molar-refractivity contribution in [2.45, 2.75) is 40.7 Å². The van der Waals surface area contributed by atoms with Crippen molar-refractivity contribution in [2.24, 2.45) is 4.99 Å². The summed E-state index contributed by atoms with van der Waals surface area (Å²) < 4.78 is 0. The molecule has 1 atom stereocenters. The first kappa shape index (κ1) is 12.9. The van der Waals surface area contributed by atoms with Crippen LogP contribution in [0.15, 0.2) is 40.4 Å². The van der Waals surface area contributed by atoms with Gasteiger partial charge < -0.3 is 0 Å². The third kappa shape index (κ3) is 4.80. The number of aliphatic imine (C=N–C) groups is 1. The smallest absolute Gasteiger partial charge is 0.0677 e. The number of allylic oxidation sites excluding steroid dienone is 4. The quantitative estimate of drug-likeness (QED) is 0.471. The predicted molar refractivity (Wildman–Crippen MR) is 66.0 cm³/mol. The number of hydrogen-bond acceptors (Lipinski definition) is 1. The van der Waals surface area contributed by atoms with E-state index >= 15 is 0 Å². The zero-order valence-corrected chi connectivity index (χ0v) is 9.96. The minimum absolute atomic E-state index is 0.272. The van der Waals surface area contributed by atoms with Gasteiger partial charge in [0.1, 0.15) is 0 Å². The minimum Gasteiger partial charge on any atom is -0.290 e. The molecule has 0 rings (SSSR count). The summed E-state index contributed by atoms with van der Waals surface area (Å²) in [6, 6.07) is 0.272. The zero-order chi connectivity index (χ0) is 11.1. The van der Waals surface area contributed by atoms with Crippen molar-refractivity contribution in [2.75, 3.05) is 0 Å². The van der Waals surface area contributed by atoms with Crippen molar-refractivity contribution >= 4 is 6.21 Å². The van der Waals surface area contributed by atoms with Crippen LogP contribution in [0.3, 0.4) is 0 Å². The molecule has 0 amide bonds. The van der Waals surface area contributed by atoms with Crippen molar-refractivity contribution in [3.05, 3.63) is 35.5 Å². The Kier molecular flexibility index (Phi) is 5.86. The number of rotatable bonds is 4. The molecular formula is C13H21N. The first-order valence-electron chi connectivity index (χ1n) is 4.97. The molecule has 78 valence electrons. The molecule has 0 heterocycles. The van der Waals surface area contributed by atoms with E-state index in [-0.39, 0.29) is 6.04 Å². The molecule has 1 heteroatoms. The predicted octanol–water partition coefficient (Wildman–Crippen LogP) is 3.93. The number of nitrogens with zero attached hydrogens (tertiary/aromatic N) is 1. The van der Waals surface area contributed by atoms with Crippen LogP contribution in [0.4, 0.5) is 0 Å². The number of hydrogen-bond donors (Lipinski definition) is 0. The normalized spacial score (nSPS) is 16.1. The van der Waals surface area contributed by atoms with E-state index in [4.69, 9.17) is 0 Å². The van der Waals surface area contributed by atoms with Gasteiger partial charge >= 0.3 is 0 Å². The Hall–Kier alpha value is -1.11. The topological polar surface area (TPSA) is 12.4 Å². The highest BCUT2D eigenvalue weighted by atomic mass is 14.7. The van der Waals surface area contributed by atoms with Crippen LogP contribution >= 0.6 is 0 Å². The third-order valence-electron chi connectivity index (χ3n) is 2.30. The molecule has 0 saturated heterocycles. The molecule has 0 aromatic carbocycles. The molecule has 1 nitrogen and oxygen atoms in total. The second kappa shape index (κ2) is 6.36. The summed E-state index contributed by atoms with van der Waals surface area (Å²) in [7, 11) is 0. The summed E-state index contributed by atoms with van der Waals surface area (Å²) in [5, 5.41) is 0. The molecule has 0 fully saturated rings. The second-order valence-corrected chi connectivity index (χ2v) is 3.62. The molecule has 0 N–H and O–H groups in total. The summed E-state index contributed by atoms with van der Waals surface area (Å²) in [6.45, 7) is 14.1. The molecule has 0 aliphatic rings. The van der Waals surface area contributed by atoms with Gasteiger partial charge in [-0.25, -0.2) is 0 Å². The lowest BCUT2D eigenvalue weighted by atomic mass is 10.1. The van der Waals surface area contributed by atoms with Crippen LogP contribution in [0.5, 0.6) is 0 Å². The van der Waals surface area contributed by atoms with E-state index in [1.165, 1.54) is 11.1 Å². The highest BCUT2D eigenvalue weighted by Crippen LogP contribution is 2.09. The maximum atomic E-state index is 4.30. The molecule has 0 aliphatic heterocycles. The Morgan fingerprint density at radius 2 is 1.79 bits per heavy atom. The van der Waals surface area contributed by atoms with Crippen LogP contribution in [0, 0.1) is 0 Å². The van der Waals surface area contributed by atoms with E-state index in [2.05, 4.69) is 44.5 Å². The second-order valence-electron chi connectivity index (χ2n) is 3.62. The molecule has 0 aliphatic carbocycles. The Labute approximate surface area is 87.9 Å². The molecular weight excluding hydrogens is 170 g/mol. The van der Waals surface area contributed by atoms with Gasteiger partial charge in [-0.3, -0.25) is 4.99 Å². The molecule has 0 aromatic heterocycles. The summed E-state index contributed by atoms with van der Waals surface area (Å²) in [6.07, 6.45) is 6.05. The van der Waals surface area contributed by atoms with Crippen LogP contribution in [0.1, 0.15) is 34.6 Å². The lowest BCUT2D eigenvalue weighted by molar-refractivity contribution is 0.866. The largest absolute Gasteiger partial charge is 0.290 e. The van der Waals surface area contributed by atoms with Gasteiger partial charge in [0.25, 0.3) is 0 Å². The summed E-state index contributed by atoms with van der Waals surface area (Å²) in [4.78, 5) is 4.30. The molecule has 0 spiro atoms. The van der Waals surface area contributed by atoms with E-state index in [1.807, 2.05) is 20.1 Å². The summed E-state index contributed by atoms with van der Waals surface area (Å²) >= 11 is 0. The first-order chi connectivity index (χ1) is 6.49. The van der Waals surface area contributed by atoms with Gasteiger partial charge in [-0.2, -0.15) is 0 Å². The standard InChI is InChI=1S/C13H21N/c1-7-14-13(6)12(5)9-8-11(4)10(2)3/h7-9,13H,2H2,1,3-6H3/b11-8+,12-9+,14-7?. The van der Waals surface area contributed by atoms with Crippen LogP contribution < -0.4 is 0 Å². The molecule has 0 bridgehead atoms. The van der Waals surface area contributed by atoms with E-state index in [9.17, 15) is 0 Å². The molecule has 14 heavy (non-hydrogen) atoms. The summed E-state index contributed by atoms with van der Waals surface area (Å²) in [5.41, 5.74) is 3.60. The van der Waals surface area contributed by atoms with E-state index in [0.29, 0.717) is 0 Å². The fraction of sp³-hybridized carbons (Fsp3) is 0.462. The van der Waals surface area contributed by atoms with Crippen molar-refractivity contribution in [1.29, 1.82) is 0 Å². The fourth-order valence-corrected chi connectivity index (χ4v) is 0.879. The highest BCUT2D eigenvalue weighted by Gasteiger charge is 1.98. The average molecular weight is 191 g/mol. The van der Waals surface area contributed by atoms with Crippen molar-refractivity contribution in [1.82, 2.24) is 0 Å². The van der Waals surface area contributed by atoms with Crippen LogP contribution in [0.25, 0.3) is 0 Å². The van der Waals surface area contributed by atoms with Crippen LogP contribution in [-0.2, 0) is 0 Å². The van der Waals surface area contributed by atoms with Crippen LogP contribution in [-0.4, -0.2) is 12.3 Å². The molecule has 0 aromatic rings. The lowest BCUT2D eigenvalue weighted by Gasteiger charge is -2.05. The monoisotopic (exact) mass is 191 g/mol. The minimum atomic E-state index is 0.272. The van der Waals surface area contributed by atoms with E-state index in [1.54, 1.807) is 0 Å². The van der Waals surface area contributed by atoms with Gasteiger partial charge in [-0.05, 0) is 52.0 Å². The van der Waals surface area contributed by atoms with Gasteiger partial charge in [0.2, 0.25) is 0 Å².